The molecular formula is C18H20N2O4S3. The highest BCUT2D eigenvalue weighted by molar-refractivity contribution is 8.01. The molecule has 144 valence electrons. The van der Waals surface area contributed by atoms with Crippen molar-refractivity contribution in [1.29, 1.82) is 0 Å². The van der Waals surface area contributed by atoms with E-state index in [0.717, 1.165) is 20.3 Å². The Kier molecular flexibility index (Phi) is 6.25. The molecule has 1 heterocycles. The smallest absolute Gasteiger partial charge is 0.216 e. The minimum atomic E-state index is -3.71. The van der Waals surface area contributed by atoms with Crippen LogP contribution >= 0.6 is 23.1 Å². The van der Waals surface area contributed by atoms with Gasteiger partial charge in [-0.25, -0.2) is 18.5 Å². The lowest BCUT2D eigenvalue weighted by atomic mass is 10.1. The fourth-order valence-corrected chi connectivity index (χ4v) is 5.97. The van der Waals surface area contributed by atoms with E-state index in [0.29, 0.717) is 23.5 Å². The first-order valence-corrected chi connectivity index (χ1v) is 11.5. The first-order valence-electron chi connectivity index (χ1n) is 8.13. The maximum Gasteiger partial charge on any atom is 0.216 e. The van der Waals surface area contributed by atoms with Crippen LogP contribution in [0.3, 0.4) is 0 Å². The van der Waals surface area contributed by atoms with Crippen LogP contribution in [0.15, 0.2) is 46.8 Å². The van der Waals surface area contributed by atoms with E-state index in [4.69, 9.17) is 14.6 Å². The first-order chi connectivity index (χ1) is 12.9. The molecule has 9 heteroatoms. The van der Waals surface area contributed by atoms with Gasteiger partial charge < -0.3 is 9.47 Å². The number of fused-ring (bicyclic) bond motifs is 1. The summed E-state index contributed by atoms with van der Waals surface area (Å²) in [6.45, 7) is 0. The SMILES string of the molecule is COc1ccc(C(CCSc2nc3ccc(OC)cc3s2)S(N)(=O)=O)cc1. The number of benzene rings is 2. The van der Waals surface area contributed by atoms with Gasteiger partial charge in [-0.2, -0.15) is 0 Å². The number of hydrogen-bond acceptors (Lipinski definition) is 7. The monoisotopic (exact) mass is 424 g/mol. The molecule has 0 radical (unpaired) electrons. The summed E-state index contributed by atoms with van der Waals surface area (Å²) in [4.78, 5) is 4.57. The van der Waals surface area contributed by atoms with Crippen molar-refractivity contribution in [2.75, 3.05) is 20.0 Å². The second-order valence-corrected chi connectivity index (χ2v) is 9.92. The van der Waals surface area contributed by atoms with Gasteiger partial charge in [0.1, 0.15) is 16.7 Å². The summed E-state index contributed by atoms with van der Waals surface area (Å²) >= 11 is 3.09. The minimum Gasteiger partial charge on any atom is -0.497 e. The third kappa shape index (κ3) is 4.92. The number of methoxy groups -OCH3 is 2. The van der Waals surface area contributed by atoms with Crippen LogP contribution in [-0.2, 0) is 10.0 Å². The summed E-state index contributed by atoms with van der Waals surface area (Å²) in [5, 5.41) is 4.70. The Labute approximate surface area is 166 Å². The third-order valence-electron chi connectivity index (χ3n) is 4.07. The molecule has 0 bridgehead atoms. The topological polar surface area (TPSA) is 91.5 Å². The third-order valence-corrected chi connectivity index (χ3v) is 7.56. The van der Waals surface area contributed by atoms with Crippen LogP contribution in [0.1, 0.15) is 17.2 Å². The molecule has 3 aromatic rings. The zero-order valence-corrected chi connectivity index (χ0v) is 17.4. The Balaban J connectivity index is 1.70. The Morgan fingerprint density at radius 3 is 2.41 bits per heavy atom. The Bertz CT molecular complexity index is 1020. The van der Waals surface area contributed by atoms with Crippen LogP contribution in [0.2, 0.25) is 0 Å². The van der Waals surface area contributed by atoms with Crippen LogP contribution in [-0.4, -0.2) is 33.4 Å². The van der Waals surface area contributed by atoms with Crippen molar-refractivity contribution in [3.8, 4) is 11.5 Å². The highest BCUT2D eigenvalue weighted by Gasteiger charge is 2.23. The summed E-state index contributed by atoms with van der Waals surface area (Å²) in [6, 6.07) is 12.7. The lowest BCUT2D eigenvalue weighted by Gasteiger charge is -2.15. The molecule has 0 saturated carbocycles. The highest BCUT2D eigenvalue weighted by Crippen LogP contribution is 2.34. The Morgan fingerprint density at radius 2 is 1.78 bits per heavy atom. The van der Waals surface area contributed by atoms with Gasteiger partial charge in [0.15, 0.2) is 4.34 Å². The molecule has 0 saturated heterocycles. The van der Waals surface area contributed by atoms with Crippen molar-refractivity contribution >= 4 is 43.3 Å². The number of hydrogen-bond donors (Lipinski definition) is 1. The van der Waals surface area contributed by atoms with E-state index in [9.17, 15) is 8.42 Å². The molecule has 27 heavy (non-hydrogen) atoms. The summed E-state index contributed by atoms with van der Waals surface area (Å²) < 4.78 is 36.4. The number of rotatable bonds is 8. The molecule has 2 N–H and O–H groups in total. The number of nitrogens with two attached hydrogens (primary N) is 1. The summed E-state index contributed by atoms with van der Waals surface area (Å²) in [5.41, 5.74) is 1.56. The number of thiazole rings is 1. The molecule has 3 rings (SSSR count). The van der Waals surface area contributed by atoms with Crippen LogP contribution in [0.5, 0.6) is 11.5 Å². The zero-order chi connectivity index (χ0) is 19.4. The molecule has 0 spiro atoms. The van der Waals surface area contributed by atoms with E-state index in [-0.39, 0.29) is 0 Å². The number of thioether (sulfide) groups is 1. The maximum absolute atomic E-state index is 12.1. The normalized spacial score (nSPS) is 12.9. The van der Waals surface area contributed by atoms with E-state index in [1.165, 1.54) is 11.8 Å². The van der Waals surface area contributed by atoms with Gasteiger partial charge in [0.25, 0.3) is 0 Å². The van der Waals surface area contributed by atoms with Gasteiger partial charge in [-0.05, 0) is 42.3 Å². The number of sulfonamides is 1. The van der Waals surface area contributed by atoms with E-state index < -0.39 is 15.3 Å². The maximum atomic E-state index is 12.1. The van der Waals surface area contributed by atoms with Crippen molar-refractivity contribution in [2.24, 2.45) is 5.14 Å². The molecule has 0 fully saturated rings. The van der Waals surface area contributed by atoms with Gasteiger partial charge in [0.05, 0.1) is 24.4 Å². The molecule has 0 aliphatic heterocycles. The lowest BCUT2D eigenvalue weighted by Crippen LogP contribution is -2.22. The summed E-state index contributed by atoms with van der Waals surface area (Å²) in [5.74, 6) is 2.05. The minimum absolute atomic E-state index is 0.398. The van der Waals surface area contributed by atoms with Crippen LogP contribution in [0.25, 0.3) is 10.2 Å². The predicted octanol–water partition coefficient (Wildman–Crippen LogP) is 3.83. The van der Waals surface area contributed by atoms with Crippen molar-refractivity contribution < 1.29 is 17.9 Å². The van der Waals surface area contributed by atoms with E-state index >= 15 is 0 Å². The van der Waals surface area contributed by atoms with Crippen molar-refractivity contribution in [2.45, 2.75) is 16.0 Å². The van der Waals surface area contributed by atoms with E-state index in [1.807, 2.05) is 18.2 Å². The Morgan fingerprint density at radius 1 is 1.11 bits per heavy atom. The van der Waals surface area contributed by atoms with Crippen LogP contribution < -0.4 is 14.6 Å². The fourth-order valence-electron chi connectivity index (χ4n) is 2.66. The largest absolute Gasteiger partial charge is 0.497 e. The lowest BCUT2D eigenvalue weighted by molar-refractivity contribution is 0.414. The summed E-state index contributed by atoms with van der Waals surface area (Å²) in [6.07, 6.45) is 0.398. The van der Waals surface area contributed by atoms with Crippen LogP contribution in [0, 0.1) is 0 Å². The van der Waals surface area contributed by atoms with E-state index in [1.54, 1.807) is 49.8 Å². The van der Waals surface area contributed by atoms with Gasteiger partial charge in [0.2, 0.25) is 10.0 Å². The highest BCUT2D eigenvalue weighted by atomic mass is 32.2. The van der Waals surface area contributed by atoms with Gasteiger partial charge in [0, 0.05) is 5.75 Å². The molecule has 2 aromatic carbocycles. The van der Waals surface area contributed by atoms with Gasteiger partial charge in [-0.1, -0.05) is 23.9 Å². The standard InChI is InChI=1S/C18H20N2O4S3/c1-23-13-5-3-12(4-6-13)17(27(19,21)22)9-10-25-18-20-15-8-7-14(24-2)11-16(15)26-18/h3-8,11,17H,9-10H2,1-2H3,(H2,19,21,22). The Hall–Kier alpha value is -1.81. The predicted molar refractivity (Wildman–Crippen MR) is 110 cm³/mol. The molecular weight excluding hydrogens is 404 g/mol. The van der Waals surface area contributed by atoms with Gasteiger partial charge in [-0.3, -0.25) is 0 Å². The molecule has 1 aromatic heterocycles. The second kappa shape index (κ2) is 8.47. The molecule has 1 atom stereocenters. The average Bonchev–Trinajstić information content (AvgIpc) is 3.06. The quantitative estimate of drug-likeness (QED) is 0.553. The van der Waals surface area contributed by atoms with Gasteiger partial charge in [-0.15, -0.1) is 11.3 Å². The molecule has 6 nitrogen and oxygen atoms in total. The first kappa shape index (κ1) is 19.9. The van der Waals surface area contributed by atoms with Crippen molar-refractivity contribution in [3.63, 3.8) is 0 Å². The van der Waals surface area contributed by atoms with Gasteiger partial charge >= 0.3 is 0 Å². The number of aromatic nitrogens is 1. The molecule has 0 aliphatic rings. The zero-order valence-electron chi connectivity index (χ0n) is 14.9. The van der Waals surface area contributed by atoms with Crippen molar-refractivity contribution in [3.05, 3.63) is 48.0 Å². The fraction of sp³-hybridized carbons (Fsp3) is 0.278. The van der Waals surface area contributed by atoms with Crippen molar-refractivity contribution in [1.82, 2.24) is 4.98 Å². The molecule has 0 amide bonds. The number of primary sulfonamides is 1. The summed E-state index contributed by atoms with van der Waals surface area (Å²) in [7, 11) is -0.518. The van der Waals surface area contributed by atoms with Crippen LogP contribution in [0.4, 0.5) is 0 Å². The second-order valence-electron chi connectivity index (χ2n) is 5.80. The molecule has 0 aliphatic carbocycles. The average molecular weight is 425 g/mol. The molecule has 1 unspecified atom stereocenters. The van der Waals surface area contributed by atoms with E-state index in [2.05, 4.69) is 4.98 Å². The number of nitrogens with zero attached hydrogens (tertiary/aromatic N) is 1. The number of ether oxygens (including phenoxy) is 2.